The fraction of sp³-hybridized carbons (Fsp3) is 0.154. The number of rotatable bonds is 2. The lowest BCUT2D eigenvalue weighted by Gasteiger charge is -2.09. The van der Waals surface area contributed by atoms with Gasteiger partial charge in [-0.1, -0.05) is 11.6 Å². The minimum atomic E-state index is -0.873. The van der Waals surface area contributed by atoms with E-state index in [4.69, 9.17) is 11.6 Å². The minimum absolute atomic E-state index is 0.0719. The number of benzene rings is 1. The van der Waals surface area contributed by atoms with Crippen molar-refractivity contribution in [2.45, 2.75) is 6.92 Å². The molecule has 2 rings (SSSR count). The molecule has 0 saturated heterocycles. The molecule has 0 amide bonds. The summed E-state index contributed by atoms with van der Waals surface area (Å²) in [7, 11) is 1.14. The molecule has 5 nitrogen and oxygen atoms in total. The maximum atomic E-state index is 13.8. The van der Waals surface area contributed by atoms with Crippen LogP contribution in [0, 0.1) is 12.7 Å². The number of hydrogen-bond donors (Lipinski definition) is 0. The summed E-state index contributed by atoms with van der Waals surface area (Å²) in [6.07, 6.45) is 1.33. The van der Waals surface area contributed by atoms with Crippen LogP contribution in [-0.2, 0) is 4.74 Å². The van der Waals surface area contributed by atoms with Crippen LogP contribution in [0.3, 0.4) is 0 Å². The molecule has 0 bridgehead atoms. The van der Waals surface area contributed by atoms with Crippen molar-refractivity contribution in [3.05, 3.63) is 56.7 Å². The second-order valence-electron chi connectivity index (χ2n) is 4.02. The van der Waals surface area contributed by atoms with E-state index in [1.165, 1.54) is 25.3 Å². The Kier molecular flexibility index (Phi) is 3.85. The van der Waals surface area contributed by atoms with Crippen molar-refractivity contribution in [3.8, 4) is 5.69 Å². The van der Waals surface area contributed by atoms with Gasteiger partial charge in [-0.3, -0.25) is 4.79 Å². The van der Waals surface area contributed by atoms with Crippen LogP contribution in [0.2, 0.25) is 5.02 Å². The first-order valence-corrected chi connectivity index (χ1v) is 5.96. The molecule has 0 saturated carbocycles. The third-order valence-electron chi connectivity index (χ3n) is 2.63. The molecule has 0 fully saturated rings. The van der Waals surface area contributed by atoms with E-state index in [9.17, 15) is 14.0 Å². The van der Waals surface area contributed by atoms with E-state index in [0.29, 0.717) is 0 Å². The fourth-order valence-electron chi connectivity index (χ4n) is 1.63. The molecule has 2 aromatic rings. The Hall–Kier alpha value is -2.21. The molecule has 0 unspecified atom stereocenters. The number of hydrogen-bond acceptors (Lipinski definition) is 4. The number of ether oxygens (including phenoxy) is 1. The molecular weight excluding hydrogens is 287 g/mol. The van der Waals surface area contributed by atoms with Crippen molar-refractivity contribution in [2.75, 3.05) is 7.11 Å². The quantitative estimate of drug-likeness (QED) is 0.797. The van der Waals surface area contributed by atoms with Crippen molar-refractivity contribution in [1.29, 1.82) is 0 Å². The predicted molar refractivity (Wildman–Crippen MR) is 70.9 cm³/mol. The number of carbonyl (C=O) groups excluding carboxylic acids is 1. The molecule has 0 spiro atoms. The highest BCUT2D eigenvalue weighted by atomic mass is 35.5. The smallest absolute Gasteiger partial charge is 0.362 e. The molecule has 1 aromatic carbocycles. The van der Waals surface area contributed by atoms with Gasteiger partial charge in [0.2, 0.25) is 11.1 Å². The molecule has 104 valence electrons. The number of nitrogens with zero attached hydrogens (tertiary/aromatic N) is 2. The van der Waals surface area contributed by atoms with Crippen LogP contribution in [0.5, 0.6) is 0 Å². The van der Waals surface area contributed by atoms with E-state index in [1.54, 1.807) is 0 Å². The largest absolute Gasteiger partial charge is 0.464 e. The van der Waals surface area contributed by atoms with E-state index in [-0.39, 0.29) is 16.3 Å². The van der Waals surface area contributed by atoms with E-state index in [0.717, 1.165) is 17.9 Å². The lowest BCUT2D eigenvalue weighted by atomic mass is 10.2. The van der Waals surface area contributed by atoms with Crippen molar-refractivity contribution in [1.82, 2.24) is 9.78 Å². The van der Waals surface area contributed by atoms with Gasteiger partial charge in [-0.05, 0) is 25.1 Å². The highest BCUT2D eigenvalue weighted by molar-refractivity contribution is 6.30. The van der Waals surface area contributed by atoms with Gasteiger partial charge in [0.25, 0.3) is 0 Å². The zero-order valence-corrected chi connectivity index (χ0v) is 11.4. The lowest BCUT2D eigenvalue weighted by Crippen LogP contribution is -2.24. The zero-order valence-electron chi connectivity index (χ0n) is 10.7. The van der Waals surface area contributed by atoms with Gasteiger partial charge in [0.05, 0.1) is 7.11 Å². The SMILES string of the molecule is COC(=O)c1nn(-c2ccc(Cl)cc2F)cc(C)c1=O. The molecule has 0 aliphatic rings. The van der Waals surface area contributed by atoms with Crippen LogP contribution in [0.4, 0.5) is 4.39 Å². The van der Waals surface area contributed by atoms with Gasteiger partial charge in [-0.25, -0.2) is 13.9 Å². The van der Waals surface area contributed by atoms with Crippen molar-refractivity contribution >= 4 is 17.6 Å². The number of halogens is 2. The summed E-state index contributed by atoms with van der Waals surface area (Å²) in [6, 6.07) is 3.99. The second-order valence-corrected chi connectivity index (χ2v) is 4.46. The average Bonchev–Trinajstić information content (AvgIpc) is 2.41. The van der Waals surface area contributed by atoms with Gasteiger partial charge in [0, 0.05) is 16.8 Å². The Morgan fingerprint density at radius 3 is 2.75 bits per heavy atom. The number of aromatic nitrogens is 2. The normalized spacial score (nSPS) is 10.4. The Bertz CT molecular complexity index is 743. The summed E-state index contributed by atoms with van der Waals surface area (Å²) in [4.78, 5) is 23.3. The van der Waals surface area contributed by atoms with Gasteiger partial charge >= 0.3 is 5.97 Å². The standard InChI is InChI=1S/C13H10ClFN2O3/c1-7-6-17(10-4-3-8(14)5-9(10)15)16-11(12(7)18)13(19)20-2/h3-6H,1-2H3. The van der Waals surface area contributed by atoms with Gasteiger partial charge in [0.1, 0.15) is 11.5 Å². The first-order chi connectivity index (χ1) is 9.43. The highest BCUT2D eigenvalue weighted by Crippen LogP contribution is 2.17. The summed E-state index contributed by atoms with van der Waals surface area (Å²) in [5, 5.41) is 4.04. The lowest BCUT2D eigenvalue weighted by molar-refractivity contribution is 0.0590. The third-order valence-corrected chi connectivity index (χ3v) is 2.87. The number of aryl methyl sites for hydroxylation is 1. The van der Waals surface area contributed by atoms with Crippen molar-refractivity contribution in [3.63, 3.8) is 0 Å². The average molecular weight is 297 g/mol. The summed E-state index contributed by atoms with van der Waals surface area (Å²) >= 11 is 5.67. The Morgan fingerprint density at radius 2 is 2.15 bits per heavy atom. The molecule has 1 aromatic heterocycles. The maximum absolute atomic E-state index is 13.8. The Labute approximate surface area is 118 Å². The fourth-order valence-corrected chi connectivity index (χ4v) is 1.79. The van der Waals surface area contributed by atoms with Crippen LogP contribution < -0.4 is 5.43 Å². The number of esters is 1. The highest BCUT2D eigenvalue weighted by Gasteiger charge is 2.17. The summed E-state index contributed by atoms with van der Waals surface area (Å²) in [5.41, 5.74) is -0.637. The van der Waals surface area contributed by atoms with Gasteiger partial charge < -0.3 is 4.74 Å². The Balaban J connectivity index is 2.67. The first kappa shape index (κ1) is 14.2. The molecule has 0 aliphatic heterocycles. The molecule has 0 atom stereocenters. The second kappa shape index (κ2) is 5.42. The zero-order chi connectivity index (χ0) is 14.9. The van der Waals surface area contributed by atoms with Gasteiger partial charge in [-0.15, -0.1) is 0 Å². The van der Waals surface area contributed by atoms with E-state index in [1.807, 2.05) is 0 Å². The molecular formula is C13H10ClFN2O3. The summed E-state index contributed by atoms with van der Waals surface area (Å²) < 4.78 is 19.4. The molecule has 7 heteroatoms. The number of carbonyl (C=O) groups is 1. The minimum Gasteiger partial charge on any atom is -0.464 e. The van der Waals surface area contributed by atoms with Crippen molar-refractivity contribution in [2.24, 2.45) is 0 Å². The molecule has 20 heavy (non-hydrogen) atoms. The molecule has 0 radical (unpaired) electrons. The summed E-state index contributed by atoms with van der Waals surface area (Å²) in [6.45, 7) is 1.50. The molecule has 0 N–H and O–H groups in total. The molecule has 0 aliphatic carbocycles. The number of methoxy groups -OCH3 is 1. The molecule has 1 heterocycles. The van der Waals surface area contributed by atoms with E-state index in [2.05, 4.69) is 9.84 Å². The van der Waals surface area contributed by atoms with Crippen molar-refractivity contribution < 1.29 is 13.9 Å². The van der Waals surface area contributed by atoms with E-state index >= 15 is 0 Å². The first-order valence-electron chi connectivity index (χ1n) is 5.58. The summed E-state index contributed by atoms with van der Waals surface area (Å²) in [5.74, 6) is -1.49. The van der Waals surface area contributed by atoms with Gasteiger partial charge in [0.15, 0.2) is 0 Å². The van der Waals surface area contributed by atoms with Crippen LogP contribution in [0.1, 0.15) is 16.1 Å². The van der Waals surface area contributed by atoms with Crippen LogP contribution >= 0.6 is 11.6 Å². The van der Waals surface area contributed by atoms with Crippen LogP contribution in [0.25, 0.3) is 5.69 Å². The van der Waals surface area contributed by atoms with Gasteiger partial charge in [-0.2, -0.15) is 5.10 Å². The predicted octanol–water partition coefficient (Wildman–Crippen LogP) is 2.12. The van der Waals surface area contributed by atoms with Crippen LogP contribution in [0.15, 0.2) is 29.2 Å². The third kappa shape index (κ3) is 2.55. The monoisotopic (exact) mass is 296 g/mol. The topological polar surface area (TPSA) is 61.2 Å². The Morgan fingerprint density at radius 1 is 1.45 bits per heavy atom. The maximum Gasteiger partial charge on any atom is 0.362 e. The van der Waals surface area contributed by atoms with E-state index < -0.39 is 22.9 Å². The van der Waals surface area contributed by atoms with Crippen LogP contribution in [-0.4, -0.2) is 22.9 Å².